The lowest BCUT2D eigenvalue weighted by atomic mass is 10.2. The second-order valence-corrected chi connectivity index (χ2v) is 7.26. The van der Waals surface area contributed by atoms with Crippen molar-refractivity contribution in [2.24, 2.45) is 0 Å². The van der Waals surface area contributed by atoms with E-state index in [1.165, 1.54) is 4.88 Å². The molecular formula is C14H15BrN4OS. The van der Waals surface area contributed by atoms with Crippen molar-refractivity contribution < 1.29 is 0 Å². The maximum absolute atomic E-state index is 11.3. The van der Waals surface area contributed by atoms with E-state index < -0.39 is 0 Å². The molecule has 1 unspecified atom stereocenters. The highest BCUT2D eigenvalue weighted by atomic mass is 79.9. The molecule has 5 nitrogen and oxygen atoms in total. The SMILES string of the molecule is Cc1nc(C(C)Nc2cc3[nH]c(=O)[nH]c3cc2Br)c(C)s1. The second kappa shape index (κ2) is 5.31. The summed E-state index contributed by atoms with van der Waals surface area (Å²) in [4.78, 5) is 22.7. The maximum atomic E-state index is 11.3. The third-order valence-corrected chi connectivity index (χ3v) is 4.88. The molecule has 0 aliphatic rings. The molecule has 1 aromatic carbocycles. The van der Waals surface area contributed by atoms with Gasteiger partial charge in [-0.25, -0.2) is 9.78 Å². The van der Waals surface area contributed by atoms with E-state index in [-0.39, 0.29) is 11.7 Å². The van der Waals surface area contributed by atoms with E-state index in [0.29, 0.717) is 0 Å². The van der Waals surface area contributed by atoms with Gasteiger partial charge in [-0.2, -0.15) is 0 Å². The number of halogens is 1. The zero-order chi connectivity index (χ0) is 15.1. The number of anilines is 1. The van der Waals surface area contributed by atoms with E-state index >= 15 is 0 Å². The molecule has 1 atom stereocenters. The minimum Gasteiger partial charge on any atom is -0.376 e. The Labute approximate surface area is 133 Å². The second-order valence-electron chi connectivity index (χ2n) is 5.00. The van der Waals surface area contributed by atoms with Crippen molar-refractivity contribution in [1.29, 1.82) is 0 Å². The largest absolute Gasteiger partial charge is 0.376 e. The predicted molar refractivity (Wildman–Crippen MR) is 90.2 cm³/mol. The van der Waals surface area contributed by atoms with Crippen molar-refractivity contribution in [3.63, 3.8) is 0 Å². The Hall–Kier alpha value is -1.60. The lowest BCUT2D eigenvalue weighted by molar-refractivity contribution is 0.836. The van der Waals surface area contributed by atoms with Gasteiger partial charge in [0, 0.05) is 9.35 Å². The Balaban J connectivity index is 1.95. The lowest BCUT2D eigenvalue weighted by Gasteiger charge is -2.15. The molecule has 110 valence electrons. The van der Waals surface area contributed by atoms with Crippen molar-refractivity contribution in [1.82, 2.24) is 15.0 Å². The first-order valence-corrected chi connectivity index (χ1v) is 8.17. The van der Waals surface area contributed by atoms with Crippen LogP contribution < -0.4 is 11.0 Å². The average molecular weight is 367 g/mol. The maximum Gasteiger partial charge on any atom is 0.323 e. The minimum absolute atomic E-state index is 0.0920. The average Bonchev–Trinajstić information content (AvgIpc) is 2.91. The topological polar surface area (TPSA) is 73.6 Å². The summed E-state index contributed by atoms with van der Waals surface area (Å²) < 4.78 is 0.904. The standard InChI is InChI=1S/C14H15BrN4OS/c1-6(13-7(2)21-8(3)17-13)16-10-5-12-11(4-9(10)15)18-14(20)19-12/h4-6,16H,1-3H3,(H2,18,19,20). The first-order chi connectivity index (χ1) is 9.94. The number of thiazole rings is 1. The summed E-state index contributed by atoms with van der Waals surface area (Å²) >= 11 is 5.24. The highest BCUT2D eigenvalue weighted by Gasteiger charge is 2.15. The van der Waals surface area contributed by atoms with Crippen LogP contribution >= 0.6 is 27.3 Å². The third-order valence-electron chi connectivity index (χ3n) is 3.33. The molecule has 0 aliphatic heterocycles. The number of nitrogens with one attached hydrogen (secondary N) is 3. The fourth-order valence-corrected chi connectivity index (χ4v) is 3.79. The number of aryl methyl sites for hydroxylation is 2. The predicted octanol–water partition coefficient (Wildman–Crippen LogP) is 3.87. The van der Waals surface area contributed by atoms with Crippen molar-refractivity contribution in [3.05, 3.63) is 42.7 Å². The van der Waals surface area contributed by atoms with Crippen LogP contribution in [0.1, 0.15) is 28.5 Å². The molecule has 21 heavy (non-hydrogen) atoms. The van der Waals surface area contributed by atoms with Crippen LogP contribution in [0.25, 0.3) is 11.0 Å². The quantitative estimate of drug-likeness (QED) is 0.658. The molecule has 2 heterocycles. The number of hydrogen-bond donors (Lipinski definition) is 3. The van der Waals surface area contributed by atoms with Crippen LogP contribution in [0.2, 0.25) is 0 Å². The van der Waals surface area contributed by atoms with E-state index in [2.05, 4.69) is 50.0 Å². The number of rotatable bonds is 3. The monoisotopic (exact) mass is 366 g/mol. The molecule has 3 N–H and O–H groups in total. The van der Waals surface area contributed by atoms with Gasteiger partial charge in [0.15, 0.2) is 0 Å². The summed E-state index contributed by atoms with van der Waals surface area (Å²) in [6.45, 7) is 6.18. The number of fused-ring (bicyclic) bond motifs is 1. The van der Waals surface area contributed by atoms with Gasteiger partial charge in [-0.3, -0.25) is 0 Å². The van der Waals surface area contributed by atoms with Crippen LogP contribution in [0, 0.1) is 13.8 Å². The van der Waals surface area contributed by atoms with E-state index in [4.69, 9.17) is 0 Å². The molecule has 0 spiro atoms. The van der Waals surface area contributed by atoms with Gasteiger partial charge in [-0.1, -0.05) is 0 Å². The van der Waals surface area contributed by atoms with Gasteiger partial charge < -0.3 is 15.3 Å². The summed E-state index contributed by atoms with van der Waals surface area (Å²) in [6.07, 6.45) is 0. The Kier molecular flexibility index (Phi) is 3.62. The van der Waals surface area contributed by atoms with Crippen LogP contribution in [0.5, 0.6) is 0 Å². The molecule has 0 saturated heterocycles. The molecule has 0 radical (unpaired) electrons. The van der Waals surface area contributed by atoms with Crippen molar-refractivity contribution in [2.45, 2.75) is 26.8 Å². The normalized spacial score (nSPS) is 12.8. The summed E-state index contributed by atoms with van der Waals surface area (Å²) in [6, 6.07) is 3.90. The first kappa shape index (κ1) is 14.3. The molecule has 0 amide bonds. The van der Waals surface area contributed by atoms with Gasteiger partial charge in [0.25, 0.3) is 0 Å². The highest BCUT2D eigenvalue weighted by molar-refractivity contribution is 9.10. The van der Waals surface area contributed by atoms with Crippen LogP contribution in [0.15, 0.2) is 21.4 Å². The minimum atomic E-state index is -0.201. The van der Waals surface area contributed by atoms with Gasteiger partial charge in [0.05, 0.1) is 33.5 Å². The molecule has 2 aromatic heterocycles. The van der Waals surface area contributed by atoms with Crippen LogP contribution in [0.3, 0.4) is 0 Å². The summed E-state index contributed by atoms with van der Waals surface area (Å²) in [5.41, 5.74) is 3.35. The fourth-order valence-electron chi connectivity index (χ4n) is 2.41. The van der Waals surface area contributed by atoms with Gasteiger partial charge in [-0.15, -0.1) is 11.3 Å². The molecule has 0 aliphatic carbocycles. The number of nitrogens with zero attached hydrogens (tertiary/aromatic N) is 1. The van der Waals surface area contributed by atoms with Gasteiger partial charge in [0.2, 0.25) is 0 Å². The van der Waals surface area contributed by atoms with E-state index in [1.807, 2.05) is 19.1 Å². The molecule has 3 aromatic rings. The first-order valence-electron chi connectivity index (χ1n) is 6.56. The van der Waals surface area contributed by atoms with E-state index in [0.717, 1.165) is 31.9 Å². The lowest BCUT2D eigenvalue weighted by Crippen LogP contribution is -2.08. The van der Waals surface area contributed by atoms with Crippen LogP contribution in [0.4, 0.5) is 5.69 Å². The molecule has 0 saturated carbocycles. The summed E-state index contributed by atoms with van der Waals surface area (Å²) in [5.74, 6) is 0. The van der Waals surface area contributed by atoms with Crippen molar-refractivity contribution in [3.8, 4) is 0 Å². The Morgan fingerprint density at radius 1 is 1.29 bits per heavy atom. The van der Waals surface area contributed by atoms with E-state index in [1.54, 1.807) is 11.3 Å². The van der Waals surface area contributed by atoms with Gasteiger partial charge in [0.1, 0.15) is 0 Å². The zero-order valence-corrected chi connectivity index (χ0v) is 14.3. The number of aromatic amines is 2. The van der Waals surface area contributed by atoms with Gasteiger partial charge in [-0.05, 0) is 48.8 Å². The molecule has 3 rings (SSSR count). The molecule has 0 fully saturated rings. The number of imidazole rings is 1. The smallest absolute Gasteiger partial charge is 0.323 e. The van der Waals surface area contributed by atoms with Crippen molar-refractivity contribution in [2.75, 3.05) is 5.32 Å². The number of benzene rings is 1. The molecular weight excluding hydrogens is 352 g/mol. The number of aromatic nitrogens is 3. The summed E-state index contributed by atoms with van der Waals surface area (Å²) in [7, 11) is 0. The van der Waals surface area contributed by atoms with Crippen molar-refractivity contribution >= 4 is 44.0 Å². The Bertz CT molecular complexity index is 864. The molecule has 7 heteroatoms. The molecule has 0 bridgehead atoms. The van der Waals surface area contributed by atoms with Gasteiger partial charge >= 0.3 is 5.69 Å². The third kappa shape index (κ3) is 2.75. The van der Waals surface area contributed by atoms with Crippen LogP contribution in [-0.2, 0) is 0 Å². The zero-order valence-electron chi connectivity index (χ0n) is 11.9. The summed E-state index contributed by atoms with van der Waals surface area (Å²) in [5, 5.41) is 4.51. The van der Waals surface area contributed by atoms with Crippen LogP contribution in [-0.4, -0.2) is 15.0 Å². The van der Waals surface area contributed by atoms with E-state index in [9.17, 15) is 4.79 Å². The highest BCUT2D eigenvalue weighted by Crippen LogP contribution is 2.31. The number of H-pyrrole nitrogens is 2. The Morgan fingerprint density at radius 2 is 1.95 bits per heavy atom. The Morgan fingerprint density at radius 3 is 2.57 bits per heavy atom. The number of hydrogen-bond acceptors (Lipinski definition) is 4. The fraction of sp³-hybridized carbons (Fsp3) is 0.286.